The third kappa shape index (κ3) is 5.92. The van der Waals surface area contributed by atoms with Crippen molar-refractivity contribution in [2.45, 2.75) is 6.42 Å². The lowest BCUT2D eigenvalue weighted by Gasteiger charge is -2.17. The van der Waals surface area contributed by atoms with Crippen LogP contribution in [0.25, 0.3) is 0 Å². The molecule has 28 heavy (non-hydrogen) atoms. The van der Waals surface area contributed by atoms with Gasteiger partial charge in [0.05, 0.1) is 30.5 Å². The first-order valence-corrected chi connectivity index (χ1v) is 9.73. The van der Waals surface area contributed by atoms with E-state index < -0.39 is 0 Å². The fraction of sp³-hybridized carbons (Fsp3) is 0.350. The second-order valence-corrected chi connectivity index (χ2v) is 7.26. The highest BCUT2D eigenvalue weighted by molar-refractivity contribution is 6.34. The molecule has 1 heterocycles. The molecule has 2 aromatic rings. The van der Waals surface area contributed by atoms with Crippen LogP contribution in [0, 0.1) is 0 Å². The monoisotopic (exact) mass is 424 g/mol. The quantitative estimate of drug-likeness (QED) is 0.724. The Hall–Kier alpha value is -2.15. The summed E-state index contributed by atoms with van der Waals surface area (Å²) in [6.07, 6.45) is 0.802. The van der Waals surface area contributed by atoms with Crippen molar-refractivity contribution in [3.63, 3.8) is 0 Å². The maximum absolute atomic E-state index is 12.3. The van der Waals surface area contributed by atoms with Gasteiger partial charge in [0.1, 0.15) is 12.4 Å². The molecule has 0 aliphatic carbocycles. The molecule has 0 saturated carbocycles. The lowest BCUT2D eigenvalue weighted by Crippen LogP contribution is -2.33. The number of carbonyl (C=O) groups excluding carboxylic acids is 1. The van der Waals surface area contributed by atoms with Crippen molar-refractivity contribution in [2.24, 2.45) is 0 Å². The molecule has 0 radical (unpaired) electrons. The van der Waals surface area contributed by atoms with Gasteiger partial charge in [0.2, 0.25) is 5.91 Å². The first-order chi connectivity index (χ1) is 13.5. The van der Waals surface area contributed by atoms with E-state index in [1.54, 1.807) is 24.3 Å². The number of halogens is 2. The van der Waals surface area contributed by atoms with Gasteiger partial charge in [0, 0.05) is 30.1 Å². The predicted octanol–water partition coefficient (Wildman–Crippen LogP) is 4.10. The van der Waals surface area contributed by atoms with Crippen LogP contribution in [0.3, 0.4) is 0 Å². The van der Waals surface area contributed by atoms with Gasteiger partial charge in [0.15, 0.2) is 11.5 Å². The van der Waals surface area contributed by atoms with E-state index in [0.29, 0.717) is 59.3 Å². The van der Waals surface area contributed by atoms with Gasteiger partial charge in [-0.25, -0.2) is 0 Å². The van der Waals surface area contributed by atoms with Crippen LogP contribution in [0.2, 0.25) is 10.0 Å². The zero-order chi connectivity index (χ0) is 19.9. The van der Waals surface area contributed by atoms with Crippen molar-refractivity contribution in [3.05, 3.63) is 46.4 Å². The molecule has 0 spiro atoms. The molecule has 3 rings (SSSR count). The summed E-state index contributed by atoms with van der Waals surface area (Å²) in [5, 5.41) is 3.85. The number of benzene rings is 2. The SMILES string of the molecule is CN(CCOc1cccc(Cl)c1)CC(=O)Nc1cc2c(cc1Cl)OCCCO2. The van der Waals surface area contributed by atoms with Gasteiger partial charge in [0.25, 0.3) is 0 Å². The Morgan fingerprint density at radius 2 is 1.93 bits per heavy atom. The van der Waals surface area contributed by atoms with Gasteiger partial charge in [-0.3, -0.25) is 9.69 Å². The number of hydrogen-bond acceptors (Lipinski definition) is 5. The molecule has 0 unspecified atom stereocenters. The summed E-state index contributed by atoms with van der Waals surface area (Å²) in [5.41, 5.74) is 0.500. The zero-order valence-corrected chi connectivity index (χ0v) is 17.1. The Balaban J connectivity index is 1.49. The summed E-state index contributed by atoms with van der Waals surface area (Å²) in [5.74, 6) is 1.70. The predicted molar refractivity (Wildman–Crippen MR) is 110 cm³/mol. The van der Waals surface area contributed by atoms with Crippen LogP contribution >= 0.6 is 23.2 Å². The van der Waals surface area contributed by atoms with Crippen LogP contribution in [-0.2, 0) is 4.79 Å². The van der Waals surface area contributed by atoms with Gasteiger partial charge < -0.3 is 19.5 Å². The van der Waals surface area contributed by atoms with Crippen molar-refractivity contribution < 1.29 is 19.0 Å². The number of amides is 1. The highest BCUT2D eigenvalue weighted by Gasteiger charge is 2.16. The molecule has 0 fully saturated rings. The molecule has 1 amide bonds. The van der Waals surface area contributed by atoms with Crippen LogP contribution in [0.4, 0.5) is 5.69 Å². The van der Waals surface area contributed by atoms with Gasteiger partial charge in [-0.2, -0.15) is 0 Å². The molecule has 0 saturated heterocycles. The minimum Gasteiger partial charge on any atom is -0.492 e. The van der Waals surface area contributed by atoms with Gasteiger partial charge in [-0.15, -0.1) is 0 Å². The molecule has 1 aliphatic rings. The third-order valence-corrected chi connectivity index (χ3v) is 4.61. The van der Waals surface area contributed by atoms with Crippen LogP contribution in [0.5, 0.6) is 17.2 Å². The Morgan fingerprint density at radius 3 is 2.68 bits per heavy atom. The number of hydrogen-bond donors (Lipinski definition) is 1. The summed E-state index contributed by atoms with van der Waals surface area (Å²) < 4.78 is 16.9. The smallest absolute Gasteiger partial charge is 0.238 e. The molecular weight excluding hydrogens is 403 g/mol. The van der Waals surface area contributed by atoms with Gasteiger partial charge in [-0.05, 0) is 25.2 Å². The third-order valence-electron chi connectivity index (χ3n) is 4.06. The van der Waals surface area contributed by atoms with Crippen molar-refractivity contribution in [1.82, 2.24) is 4.90 Å². The van der Waals surface area contributed by atoms with E-state index >= 15 is 0 Å². The van der Waals surface area contributed by atoms with E-state index in [1.807, 2.05) is 24.1 Å². The molecule has 6 nitrogen and oxygen atoms in total. The second kappa shape index (κ2) is 9.87. The van der Waals surface area contributed by atoms with Crippen LogP contribution in [-0.4, -0.2) is 50.8 Å². The lowest BCUT2D eigenvalue weighted by atomic mass is 10.2. The normalized spacial score (nSPS) is 13.1. The molecule has 8 heteroatoms. The van der Waals surface area contributed by atoms with Gasteiger partial charge >= 0.3 is 0 Å². The summed E-state index contributed by atoms with van der Waals surface area (Å²) in [6, 6.07) is 10.6. The zero-order valence-electron chi connectivity index (χ0n) is 15.5. The first-order valence-electron chi connectivity index (χ1n) is 8.97. The Bertz CT molecular complexity index is 832. The summed E-state index contributed by atoms with van der Waals surface area (Å²) in [4.78, 5) is 14.2. The molecule has 150 valence electrons. The Labute approximate surface area is 174 Å². The van der Waals surface area contributed by atoms with E-state index in [0.717, 1.165) is 6.42 Å². The van der Waals surface area contributed by atoms with E-state index in [-0.39, 0.29) is 12.5 Å². The van der Waals surface area contributed by atoms with E-state index in [2.05, 4.69) is 5.32 Å². The molecule has 0 aromatic heterocycles. The fourth-order valence-electron chi connectivity index (χ4n) is 2.67. The molecular formula is C20H22Cl2N2O4. The number of anilines is 1. The average Bonchev–Trinajstić information content (AvgIpc) is 2.87. The summed E-state index contributed by atoms with van der Waals surface area (Å²) in [6.45, 7) is 2.36. The first kappa shape index (κ1) is 20.6. The van der Waals surface area contributed by atoms with Crippen molar-refractivity contribution in [3.8, 4) is 17.2 Å². The van der Waals surface area contributed by atoms with Crippen LogP contribution in [0.1, 0.15) is 6.42 Å². The molecule has 0 bridgehead atoms. The number of fused-ring (bicyclic) bond motifs is 1. The van der Waals surface area contributed by atoms with Crippen LogP contribution < -0.4 is 19.5 Å². The van der Waals surface area contributed by atoms with E-state index in [4.69, 9.17) is 37.4 Å². The van der Waals surface area contributed by atoms with Gasteiger partial charge in [-0.1, -0.05) is 29.3 Å². The van der Waals surface area contributed by atoms with E-state index in [1.165, 1.54) is 0 Å². The van der Waals surface area contributed by atoms with Crippen molar-refractivity contribution in [1.29, 1.82) is 0 Å². The second-order valence-electron chi connectivity index (χ2n) is 6.42. The molecule has 1 aliphatic heterocycles. The number of rotatable bonds is 7. The standard InChI is InChI=1S/C20H22Cl2N2O4/c1-24(6-9-26-15-5-2-4-14(21)10-15)13-20(25)23-17-12-19-18(11-16(17)22)27-7-3-8-28-19/h2,4-5,10-12H,3,6-9,13H2,1H3,(H,23,25). The molecule has 2 aromatic carbocycles. The summed E-state index contributed by atoms with van der Waals surface area (Å²) in [7, 11) is 1.84. The topological polar surface area (TPSA) is 60.0 Å². The van der Waals surface area contributed by atoms with Crippen LogP contribution in [0.15, 0.2) is 36.4 Å². The fourth-order valence-corrected chi connectivity index (χ4v) is 3.05. The highest BCUT2D eigenvalue weighted by atomic mass is 35.5. The number of ether oxygens (including phenoxy) is 3. The maximum atomic E-state index is 12.3. The lowest BCUT2D eigenvalue weighted by molar-refractivity contribution is -0.117. The minimum absolute atomic E-state index is 0.179. The number of nitrogens with zero attached hydrogens (tertiary/aromatic N) is 1. The largest absolute Gasteiger partial charge is 0.492 e. The summed E-state index contributed by atoms with van der Waals surface area (Å²) >= 11 is 12.2. The van der Waals surface area contributed by atoms with Crippen molar-refractivity contribution in [2.75, 3.05) is 45.3 Å². The average molecular weight is 425 g/mol. The number of likely N-dealkylation sites (N-methyl/N-ethyl adjacent to an activating group) is 1. The highest BCUT2D eigenvalue weighted by Crippen LogP contribution is 2.37. The number of carbonyl (C=O) groups is 1. The van der Waals surface area contributed by atoms with E-state index in [9.17, 15) is 4.79 Å². The maximum Gasteiger partial charge on any atom is 0.238 e. The number of nitrogens with one attached hydrogen (secondary N) is 1. The Kier molecular flexibility index (Phi) is 7.25. The Morgan fingerprint density at radius 1 is 1.18 bits per heavy atom. The minimum atomic E-state index is -0.179. The van der Waals surface area contributed by atoms with Crippen molar-refractivity contribution >= 4 is 34.8 Å². The molecule has 1 N–H and O–H groups in total. The molecule has 0 atom stereocenters.